The van der Waals surface area contributed by atoms with Crippen molar-refractivity contribution in [3.8, 4) is 11.5 Å². The Labute approximate surface area is 315 Å². The lowest BCUT2D eigenvalue weighted by Crippen LogP contribution is -2.52. The maximum Gasteiger partial charge on any atom is 0.408 e. The summed E-state index contributed by atoms with van der Waals surface area (Å²) in [5, 5.41) is 38.1. The van der Waals surface area contributed by atoms with Gasteiger partial charge in [-0.1, -0.05) is 55.0 Å². The number of H-pyrrole nitrogens is 1. The van der Waals surface area contributed by atoms with Crippen molar-refractivity contribution < 1.29 is 34.4 Å². The Morgan fingerprint density at radius 1 is 0.963 bits per heavy atom. The van der Waals surface area contributed by atoms with Gasteiger partial charge in [-0.25, -0.2) is 4.79 Å². The zero-order valence-corrected chi connectivity index (χ0v) is 31.0. The van der Waals surface area contributed by atoms with Crippen LogP contribution >= 0.6 is 0 Å². The van der Waals surface area contributed by atoms with Crippen LogP contribution in [0.15, 0.2) is 83.7 Å². The van der Waals surface area contributed by atoms with Crippen LogP contribution < -0.4 is 20.9 Å². The minimum Gasteiger partial charge on any atom is -0.506 e. The van der Waals surface area contributed by atoms with Gasteiger partial charge in [-0.05, 0) is 112 Å². The highest BCUT2D eigenvalue weighted by atomic mass is 16.6. The molecule has 3 saturated heterocycles. The molecule has 4 aromatic rings. The van der Waals surface area contributed by atoms with E-state index in [1.807, 2.05) is 54.6 Å². The first-order valence-electron chi connectivity index (χ1n) is 19.0. The molecular weight excluding hydrogens is 688 g/mol. The number of carboxylic acids is 1. The fourth-order valence-corrected chi connectivity index (χ4v) is 7.63. The number of hydrogen-bond acceptors (Lipinski definition) is 9. The number of aromatic hydroxyl groups is 1. The highest BCUT2D eigenvalue weighted by Crippen LogP contribution is 2.34. The van der Waals surface area contributed by atoms with Gasteiger partial charge in [0.25, 0.3) is 0 Å². The van der Waals surface area contributed by atoms with E-state index in [9.17, 15) is 29.7 Å². The minimum atomic E-state index is -1.17. The van der Waals surface area contributed by atoms with Crippen molar-refractivity contribution in [2.45, 2.75) is 76.7 Å². The highest BCUT2D eigenvalue weighted by molar-refractivity contribution is 5.87. The number of aliphatic carboxylic acids is 1. The number of aliphatic hydroxyl groups excluding tert-OH is 1. The standard InChI is InChI=1S/C42H52N4O8/c1-42(2,40(50)51)36(14-7-4-8-21-43-25-34(48)31-15-17-33(47)39-32(31)16-18-37(49)44-39)53-30-13-9-12-29(24-30)38(28-10-5-3-6-11-28)45-41(52)54-35-26-46-22-19-27(35)20-23-46/h3,5-6,9-13,15-18,24,27,34-36,38,43,47-48H,4,7-8,14,19-23,25-26H2,1-2H3,(H,44,49)(H,45,52)(H,50,51)/t34-,35+,36?,38?/m1/s1. The molecule has 0 aliphatic carbocycles. The average Bonchev–Trinajstić information content (AvgIpc) is 3.17. The van der Waals surface area contributed by atoms with Gasteiger partial charge in [-0.3, -0.25) is 14.5 Å². The predicted molar refractivity (Wildman–Crippen MR) is 206 cm³/mol. The number of pyridine rings is 1. The number of piperidine rings is 3. The molecule has 54 heavy (non-hydrogen) atoms. The minimum absolute atomic E-state index is 0.0577. The molecule has 2 bridgehead atoms. The summed E-state index contributed by atoms with van der Waals surface area (Å²) < 4.78 is 12.4. The number of carbonyl (C=O) groups excluding carboxylic acids is 1. The van der Waals surface area contributed by atoms with Crippen LogP contribution in [0, 0.1) is 11.3 Å². The van der Waals surface area contributed by atoms with Crippen LogP contribution in [-0.2, 0) is 9.53 Å². The highest BCUT2D eigenvalue weighted by Gasteiger charge is 2.39. The number of fused-ring (bicyclic) bond motifs is 4. The Morgan fingerprint density at radius 2 is 1.72 bits per heavy atom. The fourth-order valence-electron chi connectivity index (χ4n) is 7.63. The van der Waals surface area contributed by atoms with E-state index in [-0.39, 0.29) is 24.0 Å². The summed E-state index contributed by atoms with van der Waals surface area (Å²) in [6, 6.07) is 22.7. The van der Waals surface area contributed by atoms with E-state index in [0.29, 0.717) is 41.1 Å². The van der Waals surface area contributed by atoms with Gasteiger partial charge in [0.2, 0.25) is 5.56 Å². The summed E-state index contributed by atoms with van der Waals surface area (Å²) in [7, 11) is 0. The number of carbonyl (C=O) groups is 2. The lowest BCUT2D eigenvalue weighted by atomic mass is 9.83. The van der Waals surface area contributed by atoms with Crippen LogP contribution in [0.25, 0.3) is 10.9 Å². The number of phenolic OH excluding ortho intramolecular Hbond substituents is 1. The second kappa shape index (κ2) is 17.5. The third kappa shape index (κ3) is 9.41. The number of amides is 1. The number of aromatic amines is 1. The van der Waals surface area contributed by atoms with Gasteiger partial charge >= 0.3 is 12.1 Å². The van der Waals surface area contributed by atoms with Crippen LogP contribution in [0.5, 0.6) is 11.5 Å². The number of alkyl carbamates (subject to hydrolysis) is 1. The average molecular weight is 741 g/mol. The fraction of sp³-hybridized carbons (Fsp3) is 0.452. The largest absolute Gasteiger partial charge is 0.506 e. The lowest BCUT2D eigenvalue weighted by Gasteiger charge is -2.43. The van der Waals surface area contributed by atoms with Crippen molar-refractivity contribution in [1.82, 2.24) is 20.5 Å². The van der Waals surface area contributed by atoms with Gasteiger partial charge in [0.1, 0.15) is 23.7 Å². The first-order valence-corrected chi connectivity index (χ1v) is 19.0. The van der Waals surface area contributed by atoms with Gasteiger partial charge in [-0.2, -0.15) is 0 Å². The third-order valence-electron chi connectivity index (χ3n) is 11.0. The third-order valence-corrected chi connectivity index (χ3v) is 11.0. The lowest BCUT2D eigenvalue weighted by molar-refractivity contribution is -0.152. The van der Waals surface area contributed by atoms with Gasteiger partial charge < -0.3 is 40.4 Å². The van der Waals surface area contributed by atoms with E-state index in [1.54, 1.807) is 26.0 Å². The monoisotopic (exact) mass is 740 g/mol. The molecule has 3 aliphatic heterocycles. The number of aliphatic hydroxyl groups is 1. The molecule has 7 rings (SSSR count). The Morgan fingerprint density at radius 3 is 2.44 bits per heavy atom. The van der Waals surface area contributed by atoms with E-state index in [1.165, 1.54) is 12.1 Å². The molecule has 3 aromatic carbocycles. The number of unbranched alkanes of at least 4 members (excludes halogenated alkanes) is 2. The predicted octanol–water partition coefficient (Wildman–Crippen LogP) is 5.89. The van der Waals surface area contributed by atoms with Gasteiger partial charge in [0.05, 0.1) is 23.1 Å². The molecule has 6 N–H and O–H groups in total. The Hall–Kier alpha value is -4.91. The number of nitrogens with zero attached hydrogens (tertiary/aromatic N) is 1. The van der Waals surface area contributed by atoms with Crippen molar-refractivity contribution in [2.75, 3.05) is 32.7 Å². The van der Waals surface area contributed by atoms with Crippen molar-refractivity contribution in [3.63, 3.8) is 0 Å². The smallest absolute Gasteiger partial charge is 0.408 e. The molecular formula is C42H52N4O8. The SMILES string of the molecule is CC(C)(C(=O)O)C(CCCCCNC[C@@H](O)c1ccc(O)c2[nH]c(=O)ccc12)Oc1cccc(C(NC(=O)O[C@H]2CN3CCC2CC3)c2ccccc2)c1. The molecule has 1 aromatic heterocycles. The number of benzene rings is 3. The summed E-state index contributed by atoms with van der Waals surface area (Å²) in [6.45, 7) is 7.14. The Kier molecular flexibility index (Phi) is 12.6. The Balaban J connectivity index is 1.05. The zero-order valence-electron chi connectivity index (χ0n) is 31.0. The number of rotatable bonds is 17. The van der Waals surface area contributed by atoms with Crippen LogP contribution in [-0.4, -0.2) is 82.2 Å². The molecule has 3 aliphatic rings. The zero-order chi connectivity index (χ0) is 38.2. The van der Waals surface area contributed by atoms with E-state index in [4.69, 9.17) is 9.47 Å². The summed E-state index contributed by atoms with van der Waals surface area (Å²) >= 11 is 0. The molecule has 2 unspecified atom stereocenters. The first kappa shape index (κ1) is 38.8. The second-order valence-electron chi connectivity index (χ2n) is 15.1. The molecule has 4 atom stereocenters. The van der Waals surface area contributed by atoms with Crippen molar-refractivity contribution in [2.24, 2.45) is 11.3 Å². The van der Waals surface area contributed by atoms with Crippen LogP contribution in [0.4, 0.5) is 4.79 Å². The topological polar surface area (TPSA) is 173 Å². The van der Waals surface area contributed by atoms with Crippen LogP contribution in [0.1, 0.15) is 81.2 Å². The molecule has 3 fully saturated rings. The first-order chi connectivity index (χ1) is 26.0. The molecule has 0 radical (unpaired) electrons. The van der Waals surface area contributed by atoms with Gasteiger partial charge in [0.15, 0.2) is 0 Å². The number of phenols is 1. The molecule has 288 valence electrons. The van der Waals surface area contributed by atoms with Crippen molar-refractivity contribution >= 4 is 23.0 Å². The molecule has 1 amide bonds. The molecule has 0 spiro atoms. The van der Waals surface area contributed by atoms with Crippen molar-refractivity contribution in [3.05, 3.63) is 106 Å². The van der Waals surface area contributed by atoms with E-state index in [0.717, 1.165) is 62.9 Å². The molecule has 4 heterocycles. The van der Waals surface area contributed by atoms with Gasteiger partial charge in [0, 0.05) is 24.5 Å². The molecule has 12 heteroatoms. The number of aromatic nitrogens is 1. The molecule has 12 nitrogen and oxygen atoms in total. The quantitative estimate of drug-likeness (QED) is 0.0718. The van der Waals surface area contributed by atoms with Crippen LogP contribution in [0.2, 0.25) is 0 Å². The van der Waals surface area contributed by atoms with E-state index < -0.39 is 35.7 Å². The van der Waals surface area contributed by atoms with Crippen LogP contribution in [0.3, 0.4) is 0 Å². The number of hydrogen-bond donors (Lipinski definition) is 6. The molecule has 0 saturated carbocycles. The summed E-state index contributed by atoms with van der Waals surface area (Å²) in [6.07, 6.45) is 2.86. The summed E-state index contributed by atoms with van der Waals surface area (Å²) in [5.74, 6) is -0.109. The number of ether oxygens (including phenoxy) is 2. The van der Waals surface area contributed by atoms with Crippen molar-refractivity contribution in [1.29, 1.82) is 0 Å². The van der Waals surface area contributed by atoms with Gasteiger partial charge in [-0.15, -0.1) is 0 Å². The Bertz CT molecular complexity index is 1940. The summed E-state index contributed by atoms with van der Waals surface area (Å²) in [4.78, 5) is 42.4. The summed E-state index contributed by atoms with van der Waals surface area (Å²) in [5.41, 5.74) is 1.06. The number of carboxylic acid groups (broad SMARTS) is 1. The second-order valence-corrected chi connectivity index (χ2v) is 15.1. The normalized spacial score (nSPS) is 19.9. The maximum absolute atomic E-state index is 13.3. The maximum atomic E-state index is 13.3. The van der Waals surface area contributed by atoms with E-state index in [2.05, 4.69) is 20.5 Å². The number of nitrogens with one attached hydrogen (secondary N) is 3. The van der Waals surface area contributed by atoms with E-state index >= 15 is 0 Å².